The summed E-state index contributed by atoms with van der Waals surface area (Å²) in [6, 6.07) is 0. The van der Waals surface area contributed by atoms with E-state index < -0.39 is 0 Å². The van der Waals surface area contributed by atoms with Gasteiger partial charge in [0.15, 0.2) is 0 Å². The third-order valence-electron chi connectivity index (χ3n) is 2.46. The van der Waals surface area contributed by atoms with Gasteiger partial charge in [0.1, 0.15) is 17.5 Å². The van der Waals surface area contributed by atoms with Crippen molar-refractivity contribution in [3.63, 3.8) is 0 Å². The third-order valence-corrected chi connectivity index (χ3v) is 2.46. The molecule has 1 heterocycles. The van der Waals surface area contributed by atoms with E-state index in [2.05, 4.69) is 41.4 Å². The van der Waals surface area contributed by atoms with Crippen molar-refractivity contribution >= 4 is 11.6 Å². The van der Waals surface area contributed by atoms with E-state index in [0.717, 1.165) is 36.0 Å². The van der Waals surface area contributed by atoms with Gasteiger partial charge in [-0.15, -0.1) is 0 Å². The average molecular weight is 222 g/mol. The predicted molar refractivity (Wildman–Crippen MR) is 69.2 cm³/mol. The quantitative estimate of drug-likeness (QED) is 0.804. The van der Waals surface area contributed by atoms with Crippen LogP contribution in [-0.4, -0.2) is 23.6 Å². The van der Waals surface area contributed by atoms with Crippen LogP contribution in [0.1, 0.15) is 44.5 Å². The molecule has 0 unspecified atom stereocenters. The first-order chi connectivity index (χ1) is 7.60. The smallest absolute Gasteiger partial charge is 0.135 e. The average Bonchev–Trinajstić information content (AvgIpc) is 2.27. The Bertz CT molecular complexity index is 347. The van der Waals surface area contributed by atoms with E-state index in [1.165, 1.54) is 0 Å². The minimum atomic E-state index is 0.342. The fourth-order valence-corrected chi connectivity index (χ4v) is 1.45. The highest BCUT2D eigenvalue weighted by molar-refractivity contribution is 5.57. The summed E-state index contributed by atoms with van der Waals surface area (Å²) >= 11 is 0. The van der Waals surface area contributed by atoms with Crippen LogP contribution in [0.3, 0.4) is 0 Å². The molecule has 1 aromatic heterocycles. The Hall–Kier alpha value is -1.32. The second kappa shape index (κ2) is 5.68. The first-order valence-corrected chi connectivity index (χ1v) is 5.90. The van der Waals surface area contributed by atoms with E-state index in [-0.39, 0.29) is 0 Å². The van der Waals surface area contributed by atoms with Gasteiger partial charge in [-0.25, -0.2) is 9.97 Å². The molecule has 0 amide bonds. The SMILES string of the molecule is CCCNc1nc(C(C)C)nc(NC)c1C. The lowest BCUT2D eigenvalue weighted by molar-refractivity contribution is 0.772. The maximum atomic E-state index is 4.56. The van der Waals surface area contributed by atoms with Gasteiger partial charge in [0, 0.05) is 25.1 Å². The topological polar surface area (TPSA) is 49.8 Å². The van der Waals surface area contributed by atoms with E-state index in [0.29, 0.717) is 5.92 Å². The van der Waals surface area contributed by atoms with Gasteiger partial charge in [0.2, 0.25) is 0 Å². The van der Waals surface area contributed by atoms with E-state index in [9.17, 15) is 0 Å². The number of hydrogen-bond acceptors (Lipinski definition) is 4. The molecule has 16 heavy (non-hydrogen) atoms. The summed E-state index contributed by atoms with van der Waals surface area (Å²) in [5.41, 5.74) is 1.08. The Morgan fingerprint density at radius 1 is 1.19 bits per heavy atom. The fourth-order valence-electron chi connectivity index (χ4n) is 1.45. The van der Waals surface area contributed by atoms with Gasteiger partial charge in [-0.1, -0.05) is 20.8 Å². The fraction of sp³-hybridized carbons (Fsp3) is 0.667. The van der Waals surface area contributed by atoms with Crippen LogP contribution in [0.5, 0.6) is 0 Å². The van der Waals surface area contributed by atoms with Crippen molar-refractivity contribution in [3.05, 3.63) is 11.4 Å². The molecule has 2 N–H and O–H groups in total. The molecule has 0 aliphatic heterocycles. The second-order valence-corrected chi connectivity index (χ2v) is 4.24. The molecule has 0 spiro atoms. The van der Waals surface area contributed by atoms with Crippen molar-refractivity contribution in [2.45, 2.75) is 40.0 Å². The molecule has 0 aliphatic carbocycles. The van der Waals surface area contributed by atoms with Crippen LogP contribution in [0.15, 0.2) is 0 Å². The predicted octanol–water partition coefficient (Wildman–Crippen LogP) is 2.77. The molecular weight excluding hydrogens is 200 g/mol. The molecule has 0 atom stereocenters. The van der Waals surface area contributed by atoms with Crippen LogP contribution in [0.4, 0.5) is 11.6 Å². The Morgan fingerprint density at radius 3 is 2.31 bits per heavy atom. The molecule has 0 saturated heterocycles. The molecular formula is C12H22N4. The zero-order valence-electron chi connectivity index (χ0n) is 10.9. The van der Waals surface area contributed by atoms with Crippen molar-refractivity contribution in [3.8, 4) is 0 Å². The molecule has 0 bridgehead atoms. The molecule has 0 radical (unpaired) electrons. The third kappa shape index (κ3) is 2.84. The zero-order valence-corrected chi connectivity index (χ0v) is 10.9. The van der Waals surface area contributed by atoms with Crippen molar-refractivity contribution in [2.24, 2.45) is 0 Å². The minimum absolute atomic E-state index is 0.342. The summed E-state index contributed by atoms with van der Waals surface area (Å²) < 4.78 is 0. The highest BCUT2D eigenvalue weighted by atomic mass is 15.1. The van der Waals surface area contributed by atoms with Gasteiger partial charge in [0.25, 0.3) is 0 Å². The largest absolute Gasteiger partial charge is 0.373 e. The Kier molecular flexibility index (Phi) is 4.52. The van der Waals surface area contributed by atoms with Crippen LogP contribution < -0.4 is 10.6 Å². The second-order valence-electron chi connectivity index (χ2n) is 4.24. The number of nitrogens with zero attached hydrogens (tertiary/aromatic N) is 2. The summed E-state index contributed by atoms with van der Waals surface area (Å²) in [5.74, 6) is 3.09. The lowest BCUT2D eigenvalue weighted by atomic mass is 10.2. The highest BCUT2D eigenvalue weighted by Crippen LogP contribution is 2.22. The van der Waals surface area contributed by atoms with Crippen molar-refractivity contribution in [2.75, 3.05) is 24.2 Å². The number of nitrogens with one attached hydrogen (secondary N) is 2. The van der Waals surface area contributed by atoms with E-state index >= 15 is 0 Å². The molecule has 0 aromatic carbocycles. The molecule has 90 valence electrons. The standard InChI is InChI=1S/C12H22N4/c1-6-7-14-12-9(4)11(13-5)15-10(16-12)8(2)3/h8H,6-7H2,1-5H3,(H2,13,14,15,16). The van der Waals surface area contributed by atoms with Crippen LogP contribution in [0.2, 0.25) is 0 Å². The van der Waals surface area contributed by atoms with E-state index in [4.69, 9.17) is 0 Å². The molecule has 4 nitrogen and oxygen atoms in total. The summed E-state index contributed by atoms with van der Waals surface area (Å²) in [4.78, 5) is 9.05. The lowest BCUT2D eigenvalue weighted by Gasteiger charge is -2.14. The monoisotopic (exact) mass is 222 g/mol. The zero-order chi connectivity index (χ0) is 12.1. The molecule has 0 fully saturated rings. The van der Waals surface area contributed by atoms with Crippen LogP contribution in [-0.2, 0) is 0 Å². The summed E-state index contributed by atoms with van der Waals surface area (Å²) in [7, 11) is 1.89. The molecule has 1 aromatic rings. The van der Waals surface area contributed by atoms with Gasteiger partial charge in [0.05, 0.1) is 0 Å². The molecule has 4 heteroatoms. The van der Waals surface area contributed by atoms with E-state index in [1.807, 2.05) is 14.0 Å². The molecule has 1 rings (SSSR count). The maximum absolute atomic E-state index is 4.56. The van der Waals surface area contributed by atoms with E-state index in [1.54, 1.807) is 0 Å². The number of rotatable bonds is 5. The van der Waals surface area contributed by atoms with Crippen molar-refractivity contribution < 1.29 is 0 Å². The summed E-state index contributed by atoms with van der Waals surface area (Å²) in [6.45, 7) is 9.33. The van der Waals surface area contributed by atoms with Crippen LogP contribution in [0, 0.1) is 6.92 Å². The lowest BCUT2D eigenvalue weighted by Crippen LogP contribution is -2.11. The highest BCUT2D eigenvalue weighted by Gasteiger charge is 2.11. The normalized spacial score (nSPS) is 10.6. The van der Waals surface area contributed by atoms with Crippen molar-refractivity contribution in [1.82, 2.24) is 9.97 Å². The summed E-state index contributed by atoms with van der Waals surface area (Å²) in [6.07, 6.45) is 1.09. The first-order valence-electron chi connectivity index (χ1n) is 5.90. The van der Waals surface area contributed by atoms with Crippen LogP contribution >= 0.6 is 0 Å². The maximum Gasteiger partial charge on any atom is 0.135 e. The van der Waals surface area contributed by atoms with Gasteiger partial charge in [-0.05, 0) is 13.3 Å². The number of hydrogen-bond donors (Lipinski definition) is 2. The van der Waals surface area contributed by atoms with Crippen molar-refractivity contribution in [1.29, 1.82) is 0 Å². The number of aromatic nitrogens is 2. The Morgan fingerprint density at radius 2 is 1.81 bits per heavy atom. The minimum Gasteiger partial charge on any atom is -0.373 e. The van der Waals surface area contributed by atoms with Gasteiger partial charge < -0.3 is 10.6 Å². The summed E-state index contributed by atoms with van der Waals surface area (Å²) in [5, 5.41) is 6.46. The Balaban J connectivity index is 3.08. The molecule has 0 aliphatic rings. The van der Waals surface area contributed by atoms with Gasteiger partial charge >= 0.3 is 0 Å². The van der Waals surface area contributed by atoms with Gasteiger partial charge in [-0.2, -0.15) is 0 Å². The number of anilines is 2. The molecule has 0 saturated carbocycles. The van der Waals surface area contributed by atoms with Gasteiger partial charge in [-0.3, -0.25) is 0 Å². The first kappa shape index (κ1) is 12.7. The Labute approximate surface area is 97.9 Å². The van der Waals surface area contributed by atoms with Crippen LogP contribution in [0.25, 0.3) is 0 Å².